The number of amides is 3. The molecule has 1 N–H and O–H groups in total. The molecule has 11 nitrogen and oxygen atoms in total. The van der Waals surface area contributed by atoms with E-state index in [0.29, 0.717) is 19.4 Å². The predicted octanol–water partition coefficient (Wildman–Crippen LogP) is 6.22. The predicted molar refractivity (Wildman–Crippen MR) is 148 cm³/mol. The molecule has 11 heteroatoms. The molecular weight excluding hydrogens is 508 g/mol. The van der Waals surface area contributed by atoms with E-state index in [1.165, 1.54) is 4.90 Å². The molecule has 2 rings (SSSR count). The first-order valence-corrected chi connectivity index (χ1v) is 12.6. The minimum atomic E-state index is -1.06. The van der Waals surface area contributed by atoms with Crippen molar-refractivity contribution >= 4 is 30.2 Å². The summed E-state index contributed by atoms with van der Waals surface area (Å²) in [4.78, 5) is 57.0. The summed E-state index contributed by atoms with van der Waals surface area (Å²) in [6.07, 6.45) is -1.55. The van der Waals surface area contributed by atoms with Gasteiger partial charge in [-0.15, -0.1) is 0 Å². The standard InChI is InChI=1S/C11H19NO3.C10H18O5.C6H11NO.CH4/c1-10(2,3)15-9(14)12-7-11(4,5)6-8(12)13;1-9(2,3)14-7(11)13-8(12)15-10(4,5)6;1-6(2)3-5(8)7-4-6;/h6-7H2,1-5H3;1-6H3;3-4H2,1-2H3,(H,7,8);1H4. The Morgan fingerprint density at radius 3 is 1.36 bits per heavy atom. The van der Waals surface area contributed by atoms with Crippen LogP contribution >= 0.6 is 0 Å². The van der Waals surface area contributed by atoms with Gasteiger partial charge >= 0.3 is 18.4 Å². The Labute approximate surface area is 234 Å². The van der Waals surface area contributed by atoms with Gasteiger partial charge in [0.15, 0.2) is 0 Å². The Morgan fingerprint density at radius 2 is 1.13 bits per heavy atom. The molecule has 0 unspecified atom stereocenters. The third-order valence-electron chi connectivity index (χ3n) is 4.48. The van der Waals surface area contributed by atoms with Crippen molar-refractivity contribution in [3.8, 4) is 0 Å². The molecule has 0 atom stereocenters. The van der Waals surface area contributed by atoms with Gasteiger partial charge in [0.1, 0.15) is 16.8 Å². The van der Waals surface area contributed by atoms with E-state index in [9.17, 15) is 24.0 Å². The number of hydrogen-bond acceptors (Lipinski definition) is 9. The zero-order valence-corrected chi connectivity index (χ0v) is 25.4. The molecule has 0 aromatic carbocycles. The molecule has 2 aliphatic heterocycles. The summed E-state index contributed by atoms with van der Waals surface area (Å²) in [6.45, 7) is 24.8. The quantitative estimate of drug-likeness (QED) is 0.208. The van der Waals surface area contributed by atoms with E-state index in [4.69, 9.17) is 14.2 Å². The highest BCUT2D eigenvalue weighted by Gasteiger charge is 2.40. The molecule has 2 saturated heterocycles. The zero-order chi connectivity index (χ0) is 30.3. The number of nitrogens with zero attached hydrogens (tertiary/aromatic N) is 1. The molecule has 39 heavy (non-hydrogen) atoms. The smallest absolute Gasteiger partial charge is 0.443 e. The van der Waals surface area contributed by atoms with E-state index < -0.39 is 35.2 Å². The van der Waals surface area contributed by atoms with Gasteiger partial charge in [-0.1, -0.05) is 35.1 Å². The van der Waals surface area contributed by atoms with Crippen LogP contribution in [0, 0.1) is 10.8 Å². The molecule has 0 aromatic rings. The third-order valence-corrected chi connectivity index (χ3v) is 4.48. The van der Waals surface area contributed by atoms with E-state index in [0.717, 1.165) is 6.54 Å². The van der Waals surface area contributed by atoms with E-state index in [-0.39, 0.29) is 30.1 Å². The van der Waals surface area contributed by atoms with Crippen LogP contribution in [-0.4, -0.2) is 65.0 Å². The highest BCUT2D eigenvalue weighted by atomic mass is 16.8. The minimum Gasteiger partial charge on any atom is -0.443 e. The fraction of sp³-hybridized carbons (Fsp3) is 0.821. The Hall–Kier alpha value is -2.85. The molecule has 0 aliphatic carbocycles. The summed E-state index contributed by atoms with van der Waals surface area (Å²) < 4.78 is 19.0. The van der Waals surface area contributed by atoms with Crippen molar-refractivity contribution in [2.24, 2.45) is 10.8 Å². The van der Waals surface area contributed by atoms with Crippen LogP contribution in [0.25, 0.3) is 0 Å². The molecule has 0 radical (unpaired) electrons. The molecule has 2 aliphatic rings. The van der Waals surface area contributed by atoms with Gasteiger partial charge in [0.25, 0.3) is 0 Å². The van der Waals surface area contributed by atoms with E-state index in [2.05, 4.69) is 23.9 Å². The number of carbonyl (C=O) groups is 5. The molecule has 0 aromatic heterocycles. The number of hydrogen-bond donors (Lipinski definition) is 1. The highest BCUT2D eigenvalue weighted by molar-refractivity contribution is 5.94. The third kappa shape index (κ3) is 18.9. The maximum atomic E-state index is 11.6. The van der Waals surface area contributed by atoms with Crippen LogP contribution in [0.15, 0.2) is 0 Å². The van der Waals surface area contributed by atoms with Crippen molar-refractivity contribution < 1.29 is 42.9 Å². The first-order valence-electron chi connectivity index (χ1n) is 12.6. The normalized spacial score (nSPS) is 17.7. The van der Waals surface area contributed by atoms with Gasteiger partial charge in [0.2, 0.25) is 11.8 Å². The lowest BCUT2D eigenvalue weighted by molar-refractivity contribution is -0.127. The zero-order valence-electron chi connectivity index (χ0n) is 25.4. The Morgan fingerprint density at radius 1 is 0.718 bits per heavy atom. The van der Waals surface area contributed by atoms with Crippen molar-refractivity contribution in [3.05, 3.63) is 0 Å². The van der Waals surface area contributed by atoms with Gasteiger partial charge in [0, 0.05) is 25.9 Å². The van der Waals surface area contributed by atoms with Crippen molar-refractivity contribution in [2.75, 3.05) is 13.1 Å². The van der Waals surface area contributed by atoms with Crippen LogP contribution in [0.2, 0.25) is 0 Å². The molecular formula is C28H52N2O9. The van der Waals surface area contributed by atoms with Crippen LogP contribution in [-0.2, 0) is 28.5 Å². The summed E-state index contributed by atoms with van der Waals surface area (Å²) in [6, 6.07) is 0. The van der Waals surface area contributed by atoms with Crippen molar-refractivity contribution in [3.63, 3.8) is 0 Å². The van der Waals surface area contributed by atoms with Crippen LogP contribution in [0.5, 0.6) is 0 Å². The van der Waals surface area contributed by atoms with Gasteiger partial charge in [-0.05, 0) is 73.1 Å². The maximum Gasteiger partial charge on any atom is 0.519 e. The lowest BCUT2D eigenvalue weighted by Gasteiger charge is -2.24. The SMILES string of the molecule is C.CC(C)(C)OC(=O)OC(=O)OC(C)(C)C.CC1(C)CC(=O)N(C(=O)OC(C)(C)C)C1.CC1(C)CNC(=O)C1. The van der Waals surface area contributed by atoms with Crippen LogP contribution in [0.1, 0.15) is 110 Å². The van der Waals surface area contributed by atoms with Gasteiger partial charge in [0.05, 0.1) is 0 Å². The highest BCUT2D eigenvalue weighted by Crippen LogP contribution is 2.30. The molecule has 0 saturated carbocycles. The van der Waals surface area contributed by atoms with Crippen molar-refractivity contribution in [1.29, 1.82) is 0 Å². The van der Waals surface area contributed by atoms with Gasteiger partial charge < -0.3 is 24.3 Å². The second kappa shape index (κ2) is 14.0. The van der Waals surface area contributed by atoms with Gasteiger partial charge in [-0.25, -0.2) is 19.3 Å². The average Bonchev–Trinajstić information content (AvgIpc) is 3.06. The van der Waals surface area contributed by atoms with E-state index in [1.807, 2.05) is 13.8 Å². The maximum absolute atomic E-state index is 11.6. The van der Waals surface area contributed by atoms with Gasteiger partial charge in [-0.3, -0.25) is 9.59 Å². The summed E-state index contributed by atoms with van der Waals surface area (Å²) in [7, 11) is 0. The second-order valence-corrected chi connectivity index (χ2v) is 13.9. The minimum absolute atomic E-state index is 0. The number of likely N-dealkylation sites (tertiary alicyclic amines) is 1. The van der Waals surface area contributed by atoms with E-state index in [1.54, 1.807) is 62.3 Å². The Balaban J connectivity index is 0. The van der Waals surface area contributed by atoms with Gasteiger partial charge in [-0.2, -0.15) is 0 Å². The largest absolute Gasteiger partial charge is 0.519 e. The monoisotopic (exact) mass is 560 g/mol. The number of rotatable bonds is 0. The summed E-state index contributed by atoms with van der Waals surface area (Å²) in [5.74, 6) is 0.0456. The molecule has 2 heterocycles. The fourth-order valence-corrected chi connectivity index (χ4v) is 3.07. The fourth-order valence-electron chi connectivity index (χ4n) is 3.07. The Bertz CT molecular complexity index is 847. The lowest BCUT2D eigenvalue weighted by atomic mass is 9.93. The summed E-state index contributed by atoms with van der Waals surface area (Å²) >= 11 is 0. The van der Waals surface area contributed by atoms with Crippen molar-refractivity contribution in [2.45, 2.75) is 127 Å². The number of carbonyl (C=O) groups excluding carboxylic acids is 5. The van der Waals surface area contributed by atoms with Crippen LogP contribution in [0.4, 0.5) is 14.4 Å². The average molecular weight is 561 g/mol. The lowest BCUT2D eigenvalue weighted by Crippen LogP contribution is -2.38. The van der Waals surface area contributed by atoms with Crippen LogP contribution in [0.3, 0.4) is 0 Å². The summed E-state index contributed by atoms with van der Waals surface area (Å²) in [5, 5.41) is 2.77. The van der Waals surface area contributed by atoms with Crippen molar-refractivity contribution in [1.82, 2.24) is 10.2 Å². The van der Waals surface area contributed by atoms with E-state index >= 15 is 0 Å². The molecule has 0 spiro atoms. The van der Waals surface area contributed by atoms with Crippen LogP contribution < -0.4 is 5.32 Å². The Kier molecular flexibility index (Phi) is 13.7. The topological polar surface area (TPSA) is 138 Å². The molecule has 3 amide bonds. The molecule has 228 valence electrons. The molecule has 2 fully saturated rings. The number of nitrogens with one attached hydrogen (secondary N) is 1. The first-order chi connectivity index (χ1) is 16.7. The first kappa shape index (κ1) is 38.3. The molecule has 0 bridgehead atoms. The summed E-state index contributed by atoms with van der Waals surface area (Å²) in [5.41, 5.74) is -1.87. The number of imide groups is 1. The number of ether oxygens (including phenoxy) is 4. The second-order valence-electron chi connectivity index (χ2n) is 13.9.